The number of amides is 1. The van der Waals surface area contributed by atoms with Gasteiger partial charge in [-0.1, -0.05) is 12.1 Å². The first kappa shape index (κ1) is 21.4. The summed E-state index contributed by atoms with van der Waals surface area (Å²) >= 11 is 0. The molecule has 0 spiro atoms. The van der Waals surface area contributed by atoms with Gasteiger partial charge in [-0.2, -0.15) is 0 Å². The molecule has 0 atom stereocenters. The van der Waals surface area contributed by atoms with Gasteiger partial charge in [-0.05, 0) is 86.5 Å². The first-order valence-corrected chi connectivity index (χ1v) is 11.0. The number of anilines is 2. The van der Waals surface area contributed by atoms with E-state index < -0.39 is 10.0 Å². The lowest BCUT2D eigenvalue weighted by molar-refractivity contribution is 0.102. The second-order valence-electron chi connectivity index (χ2n) is 6.79. The van der Waals surface area contributed by atoms with Crippen molar-refractivity contribution in [3.05, 3.63) is 83.4 Å². The number of ether oxygens (including phenoxy) is 1. The highest BCUT2D eigenvalue weighted by Crippen LogP contribution is 2.21. The van der Waals surface area contributed by atoms with E-state index in [1.807, 2.05) is 39.0 Å². The number of nitrogens with one attached hydrogen (secondary N) is 2. The molecule has 0 aliphatic heterocycles. The third kappa shape index (κ3) is 4.99. The molecule has 0 aromatic heterocycles. The minimum absolute atomic E-state index is 0.0691. The normalized spacial score (nSPS) is 11.0. The van der Waals surface area contributed by atoms with Crippen molar-refractivity contribution in [1.82, 2.24) is 0 Å². The molecule has 2 N–H and O–H groups in total. The van der Waals surface area contributed by atoms with E-state index in [-0.39, 0.29) is 10.8 Å². The van der Waals surface area contributed by atoms with Crippen LogP contribution in [0, 0.1) is 13.8 Å². The molecule has 30 heavy (non-hydrogen) atoms. The van der Waals surface area contributed by atoms with Gasteiger partial charge >= 0.3 is 0 Å². The van der Waals surface area contributed by atoms with E-state index in [4.69, 9.17) is 4.74 Å². The van der Waals surface area contributed by atoms with Gasteiger partial charge in [-0.15, -0.1) is 0 Å². The molecule has 0 fully saturated rings. The van der Waals surface area contributed by atoms with Crippen LogP contribution in [0.1, 0.15) is 28.4 Å². The van der Waals surface area contributed by atoms with E-state index in [1.54, 1.807) is 24.3 Å². The Labute approximate surface area is 177 Å². The molecule has 0 radical (unpaired) electrons. The zero-order valence-electron chi connectivity index (χ0n) is 17.1. The maximum atomic E-state index is 12.6. The number of carbonyl (C=O) groups excluding carboxylic acids is 1. The minimum Gasteiger partial charge on any atom is -0.494 e. The first-order chi connectivity index (χ1) is 14.3. The summed E-state index contributed by atoms with van der Waals surface area (Å²) < 4.78 is 33.1. The fraction of sp³-hybridized carbons (Fsp3) is 0.174. The van der Waals surface area contributed by atoms with Crippen LogP contribution >= 0.6 is 0 Å². The third-order valence-electron chi connectivity index (χ3n) is 4.70. The van der Waals surface area contributed by atoms with E-state index in [1.165, 1.54) is 24.3 Å². The second-order valence-corrected chi connectivity index (χ2v) is 8.47. The predicted molar refractivity (Wildman–Crippen MR) is 119 cm³/mol. The van der Waals surface area contributed by atoms with E-state index in [0.717, 1.165) is 16.8 Å². The number of hydrogen-bond acceptors (Lipinski definition) is 4. The molecule has 0 saturated carbocycles. The van der Waals surface area contributed by atoms with Gasteiger partial charge in [0, 0.05) is 16.9 Å². The number of aryl methyl sites for hydroxylation is 1. The molecule has 156 valence electrons. The van der Waals surface area contributed by atoms with Crippen LogP contribution in [0.15, 0.2) is 71.6 Å². The lowest BCUT2D eigenvalue weighted by atomic mass is 10.1. The molecule has 7 heteroatoms. The summed E-state index contributed by atoms with van der Waals surface area (Å²) in [7, 11) is -3.77. The Balaban J connectivity index is 1.72. The van der Waals surface area contributed by atoms with Crippen molar-refractivity contribution in [3.8, 4) is 5.75 Å². The van der Waals surface area contributed by atoms with Crippen molar-refractivity contribution in [2.75, 3.05) is 16.6 Å². The molecule has 0 heterocycles. The van der Waals surface area contributed by atoms with Crippen LogP contribution in [-0.4, -0.2) is 20.9 Å². The van der Waals surface area contributed by atoms with Gasteiger partial charge in [0.25, 0.3) is 15.9 Å². The Morgan fingerprint density at radius 1 is 0.933 bits per heavy atom. The van der Waals surface area contributed by atoms with E-state index in [2.05, 4.69) is 10.0 Å². The third-order valence-corrected chi connectivity index (χ3v) is 6.09. The van der Waals surface area contributed by atoms with Crippen molar-refractivity contribution in [1.29, 1.82) is 0 Å². The number of hydrogen-bond donors (Lipinski definition) is 2. The van der Waals surface area contributed by atoms with Gasteiger partial charge < -0.3 is 10.1 Å². The molecule has 0 bridgehead atoms. The van der Waals surface area contributed by atoms with Gasteiger partial charge in [-0.25, -0.2) is 8.42 Å². The van der Waals surface area contributed by atoms with E-state index in [0.29, 0.717) is 23.6 Å². The monoisotopic (exact) mass is 424 g/mol. The zero-order chi connectivity index (χ0) is 21.7. The van der Waals surface area contributed by atoms with Gasteiger partial charge in [0.05, 0.1) is 11.5 Å². The van der Waals surface area contributed by atoms with Crippen molar-refractivity contribution in [2.45, 2.75) is 25.7 Å². The fourth-order valence-electron chi connectivity index (χ4n) is 2.87. The first-order valence-electron chi connectivity index (χ1n) is 9.53. The lowest BCUT2D eigenvalue weighted by Crippen LogP contribution is -2.15. The molecule has 0 aliphatic carbocycles. The molecule has 6 nitrogen and oxygen atoms in total. The number of rotatable bonds is 7. The molecular weight excluding hydrogens is 400 g/mol. The Bertz CT molecular complexity index is 1140. The molecule has 0 unspecified atom stereocenters. The highest BCUT2D eigenvalue weighted by Gasteiger charge is 2.16. The van der Waals surface area contributed by atoms with Crippen LogP contribution in [0.5, 0.6) is 5.75 Å². The molecule has 3 aromatic rings. The molecular formula is C23H24N2O4S. The van der Waals surface area contributed by atoms with Gasteiger partial charge in [-0.3, -0.25) is 9.52 Å². The molecule has 3 aromatic carbocycles. The topological polar surface area (TPSA) is 84.5 Å². The summed E-state index contributed by atoms with van der Waals surface area (Å²) in [4.78, 5) is 12.6. The van der Waals surface area contributed by atoms with Crippen LogP contribution in [0.3, 0.4) is 0 Å². The largest absolute Gasteiger partial charge is 0.494 e. The smallest absolute Gasteiger partial charge is 0.261 e. The average molecular weight is 425 g/mol. The molecule has 1 amide bonds. The van der Waals surface area contributed by atoms with Gasteiger partial charge in [0.1, 0.15) is 5.75 Å². The minimum atomic E-state index is -3.77. The summed E-state index contributed by atoms with van der Waals surface area (Å²) in [6.45, 7) is 6.33. The predicted octanol–water partition coefficient (Wildman–Crippen LogP) is 4.76. The highest BCUT2D eigenvalue weighted by atomic mass is 32.2. The molecule has 0 saturated heterocycles. The van der Waals surface area contributed by atoms with E-state index >= 15 is 0 Å². The summed E-state index contributed by atoms with van der Waals surface area (Å²) in [5, 5.41) is 2.87. The zero-order valence-corrected chi connectivity index (χ0v) is 17.9. The fourth-order valence-corrected chi connectivity index (χ4v) is 3.93. The summed E-state index contributed by atoms with van der Waals surface area (Å²) in [5.74, 6) is 0.367. The van der Waals surface area contributed by atoms with Crippen LogP contribution in [0.4, 0.5) is 11.4 Å². The maximum absolute atomic E-state index is 12.6. The number of sulfonamides is 1. The lowest BCUT2D eigenvalue weighted by Gasteiger charge is -2.11. The van der Waals surface area contributed by atoms with Crippen LogP contribution in [-0.2, 0) is 10.0 Å². The summed E-state index contributed by atoms with van der Waals surface area (Å²) in [6.07, 6.45) is 0. The quantitative estimate of drug-likeness (QED) is 0.573. The average Bonchev–Trinajstić information content (AvgIpc) is 2.73. The van der Waals surface area contributed by atoms with Crippen molar-refractivity contribution in [2.24, 2.45) is 0 Å². The Morgan fingerprint density at radius 3 is 2.23 bits per heavy atom. The summed E-state index contributed by atoms with van der Waals surface area (Å²) in [6, 6.07) is 18.2. The standard InChI is InChI=1S/C23H24N2O4S/c1-4-29-20-12-10-19(11-13-20)25-30(27,28)21-14-8-18(9-15-21)23(26)24-22-7-5-6-16(2)17(22)3/h5-15,25H,4H2,1-3H3,(H,24,26). The number of benzene rings is 3. The SMILES string of the molecule is CCOc1ccc(NS(=O)(=O)c2ccc(C(=O)Nc3cccc(C)c3C)cc2)cc1. The van der Waals surface area contributed by atoms with Gasteiger partial charge in [0.2, 0.25) is 0 Å². The maximum Gasteiger partial charge on any atom is 0.261 e. The Kier molecular flexibility index (Phi) is 6.42. The number of carbonyl (C=O) groups is 1. The van der Waals surface area contributed by atoms with E-state index in [9.17, 15) is 13.2 Å². The van der Waals surface area contributed by atoms with Crippen molar-refractivity contribution < 1.29 is 17.9 Å². The summed E-state index contributed by atoms with van der Waals surface area (Å²) in [5.41, 5.74) is 3.60. The van der Waals surface area contributed by atoms with Crippen molar-refractivity contribution in [3.63, 3.8) is 0 Å². The Hall–Kier alpha value is -3.32. The van der Waals surface area contributed by atoms with Crippen LogP contribution in [0.25, 0.3) is 0 Å². The second kappa shape index (κ2) is 9.00. The van der Waals surface area contributed by atoms with Crippen LogP contribution < -0.4 is 14.8 Å². The van der Waals surface area contributed by atoms with Crippen LogP contribution in [0.2, 0.25) is 0 Å². The molecule has 3 rings (SSSR count). The van der Waals surface area contributed by atoms with Gasteiger partial charge in [0.15, 0.2) is 0 Å². The van der Waals surface area contributed by atoms with Crippen molar-refractivity contribution >= 4 is 27.3 Å². The molecule has 0 aliphatic rings. The Morgan fingerprint density at radius 2 is 1.60 bits per heavy atom. The highest BCUT2D eigenvalue weighted by molar-refractivity contribution is 7.92.